The summed E-state index contributed by atoms with van der Waals surface area (Å²) in [5.41, 5.74) is 1.72. The first-order valence-electron chi connectivity index (χ1n) is 7.26. The molecule has 0 heterocycles. The van der Waals surface area contributed by atoms with Crippen molar-refractivity contribution in [2.24, 2.45) is 5.41 Å². The molecule has 2 unspecified atom stereocenters. The van der Waals surface area contributed by atoms with Gasteiger partial charge in [-0.2, -0.15) is 0 Å². The predicted octanol–water partition coefficient (Wildman–Crippen LogP) is 3.35. The van der Waals surface area contributed by atoms with Gasteiger partial charge in [-0.15, -0.1) is 0 Å². The molecule has 0 spiro atoms. The van der Waals surface area contributed by atoms with Crippen LogP contribution in [0.5, 0.6) is 0 Å². The van der Waals surface area contributed by atoms with E-state index in [9.17, 15) is 15.2 Å². The molecule has 0 fully saturated rings. The van der Waals surface area contributed by atoms with Crippen molar-refractivity contribution in [1.29, 1.82) is 0 Å². The molecule has 21 heavy (non-hydrogen) atoms. The molecule has 0 aromatic heterocycles. The molecule has 1 aromatic carbocycles. The highest BCUT2D eigenvalue weighted by molar-refractivity contribution is 5.43. The van der Waals surface area contributed by atoms with Crippen LogP contribution in [0.2, 0.25) is 0 Å². The second-order valence-electron chi connectivity index (χ2n) is 6.85. The second kappa shape index (κ2) is 7.00. The zero-order valence-electron chi connectivity index (χ0n) is 13.5. The molecule has 118 valence electrons. The van der Waals surface area contributed by atoms with Gasteiger partial charge in [-0.1, -0.05) is 32.9 Å². The number of rotatable bonds is 6. The quantitative estimate of drug-likeness (QED) is 0.623. The van der Waals surface area contributed by atoms with Gasteiger partial charge in [0.05, 0.1) is 11.0 Å². The van der Waals surface area contributed by atoms with E-state index in [-0.39, 0.29) is 22.1 Å². The van der Waals surface area contributed by atoms with Crippen LogP contribution in [0.15, 0.2) is 18.2 Å². The van der Waals surface area contributed by atoms with Crippen LogP contribution >= 0.6 is 0 Å². The number of aryl methyl sites for hydroxylation is 1. The van der Waals surface area contributed by atoms with Gasteiger partial charge < -0.3 is 10.4 Å². The molecule has 2 atom stereocenters. The monoisotopic (exact) mass is 294 g/mol. The highest BCUT2D eigenvalue weighted by atomic mass is 16.6. The lowest BCUT2D eigenvalue weighted by atomic mass is 9.89. The van der Waals surface area contributed by atoms with Gasteiger partial charge in [0, 0.05) is 24.2 Å². The summed E-state index contributed by atoms with van der Waals surface area (Å²) in [7, 11) is 0. The Kier molecular flexibility index (Phi) is 5.87. The molecule has 0 aliphatic carbocycles. The zero-order valence-corrected chi connectivity index (χ0v) is 13.5. The lowest BCUT2D eigenvalue weighted by Crippen LogP contribution is -2.31. The molecular weight excluding hydrogens is 268 g/mol. The lowest BCUT2D eigenvalue weighted by Gasteiger charge is -2.24. The van der Waals surface area contributed by atoms with E-state index in [1.54, 1.807) is 19.1 Å². The van der Waals surface area contributed by atoms with Gasteiger partial charge in [0.2, 0.25) is 0 Å². The standard InChI is InChI=1S/C16H26N2O3/c1-11-6-7-13(8-15(11)18(20)21)12(2)17-10-14(19)9-16(3,4)5/h6-8,12,14,17,19H,9-10H2,1-5H3. The summed E-state index contributed by atoms with van der Waals surface area (Å²) in [5, 5.41) is 24.2. The number of nitrogens with zero attached hydrogens (tertiary/aromatic N) is 1. The van der Waals surface area contributed by atoms with Crippen molar-refractivity contribution in [2.75, 3.05) is 6.54 Å². The largest absolute Gasteiger partial charge is 0.392 e. The first-order valence-corrected chi connectivity index (χ1v) is 7.26. The molecule has 5 heteroatoms. The molecule has 1 rings (SSSR count). The number of hydrogen-bond donors (Lipinski definition) is 2. The number of nitro groups is 1. The Labute approximate surface area is 126 Å². The predicted molar refractivity (Wildman–Crippen MR) is 84.3 cm³/mol. The zero-order chi connectivity index (χ0) is 16.2. The van der Waals surface area contributed by atoms with Gasteiger partial charge in [-0.25, -0.2) is 0 Å². The molecule has 0 aliphatic heterocycles. The van der Waals surface area contributed by atoms with E-state index in [0.717, 1.165) is 5.56 Å². The van der Waals surface area contributed by atoms with E-state index in [4.69, 9.17) is 0 Å². The van der Waals surface area contributed by atoms with Gasteiger partial charge in [0.1, 0.15) is 0 Å². The molecule has 5 nitrogen and oxygen atoms in total. The Morgan fingerprint density at radius 1 is 1.38 bits per heavy atom. The Morgan fingerprint density at radius 3 is 2.52 bits per heavy atom. The van der Waals surface area contributed by atoms with Crippen molar-refractivity contribution in [3.63, 3.8) is 0 Å². The van der Waals surface area contributed by atoms with Gasteiger partial charge in [0.25, 0.3) is 5.69 Å². The van der Waals surface area contributed by atoms with E-state index in [1.165, 1.54) is 0 Å². The maximum Gasteiger partial charge on any atom is 0.272 e. The van der Waals surface area contributed by atoms with Crippen LogP contribution in [0.3, 0.4) is 0 Å². The second-order valence-corrected chi connectivity index (χ2v) is 6.85. The number of nitrogens with one attached hydrogen (secondary N) is 1. The van der Waals surface area contributed by atoms with E-state index >= 15 is 0 Å². The summed E-state index contributed by atoms with van der Waals surface area (Å²) in [6, 6.07) is 5.20. The normalized spacial score (nSPS) is 14.8. The molecule has 2 N–H and O–H groups in total. The summed E-state index contributed by atoms with van der Waals surface area (Å²) in [5.74, 6) is 0. The van der Waals surface area contributed by atoms with Crippen molar-refractivity contribution < 1.29 is 10.0 Å². The molecule has 0 saturated carbocycles. The third-order valence-corrected chi connectivity index (χ3v) is 3.44. The highest BCUT2D eigenvalue weighted by Gasteiger charge is 2.18. The fourth-order valence-corrected chi connectivity index (χ4v) is 2.30. The fourth-order valence-electron chi connectivity index (χ4n) is 2.30. The smallest absolute Gasteiger partial charge is 0.272 e. The summed E-state index contributed by atoms with van der Waals surface area (Å²) in [6.45, 7) is 10.4. The number of benzene rings is 1. The Balaban J connectivity index is 2.66. The molecule has 0 aliphatic rings. The van der Waals surface area contributed by atoms with Crippen LogP contribution in [-0.4, -0.2) is 22.7 Å². The maximum atomic E-state index is 11.0. The van der Waals surface area contributed by atoms with Gasteiger partial charge in [-0.3, -0.25) is 10.1 Å². The minimum atomic E-state index is -0.423. The summed E-state index contributed by atoms with van der Waals surface area (Å²) in [6.07, 6.45) is 0.286. The average molecular weight is 294 g/mol. The van der Waals surface area contributed by atoms with Crippen molar-refractivity contribution >= 4 is 5.69 Å². The summed E-state index contributed by atoms with van der Waals surface area (Å²) >= 11 is 0. The SMILES string of the molecule is Cc1ccc(C(C)NCC(O)CC(C)(C)C)cc1[N+](=O)[O-]. The minimum Gasteiger partial charge on any atom is -0.392 e. The molecule has 0 radical (unpaired) electrons. The minimum absolute atomic E-state index is 0.0427. The van der Waals surface area contributed by atoms with E-state index in [2.05, 4.69) is 26.1 Å². The van der Waals surface area contributed by atoms with Crippen LogP contribution < -0.4 is 5.32 Å². The van der Waals surface area contributed by atoms with Gasteiger partial charge >= 0.3 is 0 Å². The van der Waals surface area contributed by atoms with Crippen molar-refractivity contribution in [1.82, 2.24) is 5.32 Å². The van der Waals surface area contributed by atoms with Crippen LogP contribution in [-0.2, 0) is 0 Å². The van der Waals surface area contributed by atoms with Crippen LogP contribution in [0, 0.1) is 22.5 Å². The molecule has 0 amide bonds. The van der Waals surface area contributed by atoms with Crippen LogP contribution in [0.1, 0.15) is 51.3 Å². The average Bonchev–Trinajstić information content (AvgIpc) is 2.34. The first kappa shape index (κ1) is 17.6. The summed E-state index contributed by atoms with van der Waals surface area (Å²) in [4.78, 5) is 10.6. The van der Waals surface area contributed by atoms with Gasteiger partial charge in [-0.05, 0) is 31.2 Å². The molecule has 1 aromatic rings. The van der Waals surface area contributed by atoms with Crippen molar-refractivity contribution in [2.45, 2.75) is 53.2 Å². The number of aliphatic hydroxyl groups is 1. The Bertz CT molecular complexity index is 495. The topological polar surface area (TPSA) is 75.4 Å². The number of nitro benzene ring substituents is 1. The fraction of sp³-hybridized carbons (Fsp3) is 0.625. The third-order valence-electron chi connectivity index (χ3n) is 3.44. The number of hydrogen-bond acceptors (Lipinski definition) is 4. The van der Waals surface area contributed by atoms with Crippen molar-refractivity contribution in [3.8, 4) is 0 Å². The molecule has 0 bridgehead atoms. The number of aliphatic hydroxyl groups excluding tert-OH is 1. The Morgan fingerprint density at radius 2 is 2.00 bits per heavy atom. The lowest BCUT2D eigenvalue weighted by molar-refractivity contribution is -0.385. The maximum absolute atomic E-state index is 11.0. The van der Waals surface area contributed by atoms with Gasteiger partial charge in [0.15, 0.2) is 0 Å². The molecular formula is C16H26N2O3. The third kappa shape index (κ3) is 5.81. The van der Waals surface area contributed by atoms with E-state index < -0.39 is 6.10 Å². The molecule has 0 saturated heterocycles. The van der Waals surface area contributed by atoms with Crippen LogP contribution in [0.25, 0.3) is 0 Å². The van der Waals surface area contributed by atoms with Crippen LogP contribution in [0.4, 0.5) is 5.69 Å². The highest BCUT2D eigenvalue weighted by Crippen LogP contribution is 2.24. The summed E-state index contributed by atoms with van der Waals surface area (Å²) < 4.78 is 0. The van der Waals surface area contributed by atoms with E-state index in [0.29, 0.717) is 18.5 Å². The Hall–Kier alpha value is -1.46. The first-order chi connectivity index (χ1) is 9.60. The van der Waals surface area contributed by atoms with E-state index in [1.807, 2.05) is 13.0 Å². The van der Waals surface area contributed by atoms with Crippen molar-refractivity contribution in [3.05, 3.63) is 39.4 Å².